The number of nitrogens with one attached hydrogen (secondary N) is 1. The number of carbonyl (C=O) groups is 2. The molecule has 0 saturated heterocycles. The van der Waals surface area contributed by atoms with Gasteiger partial charge in [0.15, 0.2) is 0 Å². The van der Waals surface area contributed by atoms with Gasteiger partial charge in [-0.05, 0) is 18.2 Å². The number of alkyl halides is 3. The van der Waals surface area contributed by atoms with E-state index in [1.807, 2.05) is 0 Å². The van der Waals surface area contributed by atoms with E-state index in [0.717, 1.165) is 18.2 Å². The molecule has 0 saturated carbocycles. The number of aromatic carboxylic acids is 1. The summed E-state index contributed by atoms with van der Waals surface area (Å²) in [5.74, 6) is -3.47. The number of amides is 1. The Labute approximate surface area is 98.0 Å². The molecule has 0 heterocycles. The van der Waals surface area contributed by atoms with Crippen molar-refractivity contribution in [2.45, 2.75) is 6.18 Å². The molecule has 0 atom stereocenters. The number of carboxylic acid groups (broad SMARTS) is 1. The molecule has 17 heavy (non-hydrogen) atoms. The Hall–Kier alpha value is -1.76. The second-order valence-electron chi connectivity index (χ2n) is 2.95. The van der Waals surface area contributed by atoms with Crippen LogP contribution in [0.15, 0.2) is 18.2 Å². The first-order chi connectivity index (χ1) is 7.71. The van der Waals surface area contributed by atoms with Crippen molar-refractivity contribution in [2.24, 2.45) is 0 Å². The Bertz CT molecular complexity index is 473. The first-order valence-corrected chi connectivity index (χ1v) is 4.50. The fourth-order valence-electron chi connectivity index (χ4n) is 0.968. The highest BCUT2D eigenvalue weighted by Gasteiger charge is 2.38. The number of anilines is 1. The summed E-state index contributed by atoms with van der Waals surface area (Å²) in [4.78, 5) is 21.1. The summed E-state index contributed by atoms with van der Waals surface area (Å²) in [6.07, 6.45) is -5.02. The quantitative estimate of drug-likeness (QED) is 0.865. The van der Waals surface area contributed by atoms with Gasteiger partial charge in [0.1, 0.15) is 0 Å². The van der Waals surface area contributed by atoms with Crippen molar-refractivity contribution in [3.63, 3.8) is 0 Å². The van der Waals surface area contributed by atoms with Crippen LogP contribution in [0.2, 0.25) is 5.02 Å². The summed E-state index contributed by atoms with van der Waals surface area (Å²) in [5.41, 5.74) is -0.501. The van der Waals surface area contributed by atoms with Gasteiger partial charge < -0.3 is 10.4 Å². The number of hydrogen-bond donors (Lipinski definition) is 2. The summed E-state index contributed by atoms with van der Waals surface area (Å²) in [7, 11) is 0. The van der Waals surface area contributed by atoms with Crippen LogP contribution in [0, 0.1) is 0 Å². The molecule has 1 amide bonds. The molecule has 2 N–H and O–H groups in total. The third-order valence-corrected chi connectivity index (χ3v) is 2.03. The van der Waals surface area contributed by atoms with Gasteiger partial charge in [0, 0.05) is 5.69 Å². The summed E-state index contributed by atoms with van der Waals surface area (Å²) < 4.78 is 35.7. The molecule has 1 aromatic rings. The second kappa shape index (κ2) is 4.62. The number of benzene rings is 1. The van der Waals surface area contributed by atoms with Crippen molar-refractivity contribution in [3.8, 4) is 0 Å². The van der Waals surface area contributed by atoms with Gasteiger partial charge >= 0.3 is 18.1 Å². The maximum absolute atomic E-state index is 11.9. The van der Waals surface area contributed by atoms with Gasteiger partial charge in [-0.25, -0.2) is 4.79 Å². The van der Waals surface area contributed by atoms with Gasteiger partial charge in [0.25, 0.3) is 0 Å². The van der Waals surface area contributed by atoms with E-state index in [-0.39, 0.29) is 16.3 Å². The van der Waals surface area contributed by atoms with Crippen LogP contribution in [0.5, 0.6) is 0 Å². The second-order valence-corrected chi connectivity index (χ2v) is 3.36. The standard InChI is InChI=1S/C9H5ClF3NO3/c10-6-3-4(1-2-5(6)7(15)16)14-8(17)9(11,12)13/h1-3H,(H,14,17)(H,15,16). The van der Waals surface area contributed by atoms with Crippen LogP contribution >= 0.6 is 11.6 Å². The van der Waals surface area contributed by atoms with E-state index < -0.39 is 18.1 Å². The molecule has 1 rings (SSSR count). The third-order valence-electron chi connectivity index (χ3n) is 1.71. The van der Waals surface area contributed by atoms with E-state index in [1.54, 1.807) is 5.32 Å². The first kappa shape index (κ1) is 13.3. The summed E-state index contributed by atoms with van der Waals surface area (Å²) in [6.45, 7) is 0. The molecule has 0 bridgehead atoms. The number of carboxylic acids is 1. The highest BCUT2D eigenvalue weighted by molar-refractivity contribution is 6.33. The van der Waals surface area contributed by atoms with E-state index in [0.29, 0.717) is 0 Å². The van der Waals surface area contributed by atoms with Crippen molar-refractivity contribution in [3.05, 3.63) is 28.8 Å². The topological polar surface area (TPSA) is 66.4 Å². The maximum atomic E-state index is 11.9. The van der Waals surface area contributed by atoms with Crippen LogP contribution in [-0.2, 0) is 4.79 Å². The zero-order valence-corrected chi connectivity index (χ0v) is 8.76. The summed E-state index contributed by atoms with van der Waals surface area (Å²) in [5, 5.41) is 9.90. The largest absolute Gasteiger partial charge is 0.478 e. The molecule has 0 radical (unpaired) electrons. The van der Waals surface area contributed by atoms with E-state index in [4.69, 9.17) is 16.7 Å². The predicted molar refractivity (Wildman–Crippen MR) is 53.1 cm³/mol. The Morgan fingerprint density at radius 1 is 1.29 bits per heavy atom. The molecule has 0 aliphatic carbocycles. The Morgan fingerprint density at radius 3 is 2.29 bits per heavy atom. The average Bonchev–Trinajstić information content (AvgIpc) is 2.15. The molecule has 92 valence electrons. The van der Waals surface area contributed by atoms with Crippen molar-refractivity contribution >= 4 is 29.2 Å². The first-order valence-electron chi connectivity index (χ1n) is 4.13. The van der Waals surface area contributed by atoms with Gasteiger partial charge in [-0.2, -0.15) is 13.2 Å². The lowest BCUT2D eigenvalue weighted by Crippen LogP contribution is -2.29. The highest BCUT2D eigenvalue weighted by atomic mass is 35.5. The zero-order chi connectivity index (χ0) is 13.2. The Balaban J connectivity index is 2.92. The lowest BCUT2D eigenvalue weighted by Gasteiger charge is -2.08. The van der Waals surface area contributed by atoms with E-state index in [1.165, 1.54) is 0 Å². The molecule has 0 aliphatic heterocycles. The van der Waals surface area contributed by atoms with Crippen LogP contribution in [0.3, 0.4) is 0 Å². The van der Waals surface area contributed by atoms with E-state index in [2.05, 4.69) is 0 Å². The van der Waals surface area contributed by atoms with Gasteiger partial charge in [-0.15, -0.1) is 0 Å². The Kier molecular flexibility index (Phi) is 3.62. The van der Waals surface area contributed by atoms with Crippen LogP contribution in [0.25, 0.3) is 0 Å². The summed E-state index contributed by atoms with van der Waals surface area (Å²) >= 11 is 5.51. The molecule has 0 unspecified atom stereocenters. The Morgan fingerprint density at radius 2 is 1.88 bits per heavy atom. The molecule has 8 heteroatoms. The van der Waals surface area contributed by atoms with E-state index in [9.17, 15) is 22.8 Å². The van der Waals surface area contributed by atoms with Crippen molar-refractivity contribution in [2.75, 3.05) is 5.32 Å². The third kappa shape index (κ3) is 3.35. The van der Waals surface area contributed by atoms with Crippen LogP contribution in [0.1, 0.15) is 10.4 Å². The van der Waals surface area contributed by atoms with Crippen molar-refractivity contribution in [1.82, 2.24) is 0 Å². The number of hydrogen-bond acceptors (Lipinski definition) is 2. The van der Waals surface area contributed by atoms with Crippen molar-refractivity contribution < 1.29 is 27.9 Å². The lowest BCUT2D eigenvalue weighted by molar-refractivity contribution is -0.167. The normalized spacial score (nSPS) is 11.1. The molecule has 0 aromatic heterocycles. The monoisotopic (exact) mass is 267 g/mol. The van der Waals surface area contributed by atoms with Crippen molar-refractivity contribution in [1.29, 1.82) is 0 Å². The summed E-state index contributed by atoms with van der Waals surface area (Å²) in [6, 6.07) is 2.93. The highest BCUT2D eigenvalue weighted by Crippen LogP contribution is 2.23. The molecule has 1 aromatic carbocycles. The minimum absolute atomic E-state index is 0.234. The number of halogens is 4. The van der Waals surface area contributed by atoms with E-state index >= 15 is 0 Å². The van der Waals surface area contributed by atoms with Gasteiger partial charge in [0.05, 0.1) is 10.6 Å². The molecule has 0 aliphatic rings. The van der Waals surface area contributed by atoms with Gasteiger partial charge in [-0.1, -0.05) is 11.6 Å². The van der Waals surface area contributed by atoms with Crippen LogP contribution < -0.4 is 5.32 Å². The zero-order valence-electron chi connectivity index (χ0n) is 8.01. The van der Waals surface area contributed by atoms with Gasteiger partial charge in [0.2, 0.25) is 0 Å². The molecule has 4 nitrogen and oxygen atoms in total. The van der Waals surface area contributed by atoms with Crippen LogP contribution in [-0.4, -0.2) is 23.2 Å². The molecular weight excluding hydrogens is 263 g/mol. The number of carbonyl (C=O) groups excluding carboxylic acids is 1. The fourth-order valence-corrected chi connectivity index (χ4v) is 1.23. The molecule has 0 fully saturated rings. The number of rotatable bonds is 2. The molecule has 0 spiro atoms. The predicted octanol–water partition coefficient (Wildman–Crippen LogP) is 2.54. The minimum atomic E-state index is -5.02. The minimum Gasteiger partial charge on any atom is -0.478 e. The maximum Gasteiger partial charge on any atom is 0.471 e. The van der Waals surface area contributed by atoms with Gasteiger partial charge in [-0.3, -0.25) is 4.79 Å². The molecular formula is C9H5ClF3NO3. The SMILES string of the molecule is O=C(O)c1ccc(NC(=O)C(F)(F)F)cc1Cl. The van der Waals surface area contributed by atoms with Crippen LogP contribution in [0.4, 0.5) is 18.9 Å². The lowest BCUT2D eigenvalue weighted by atomic mass is 10.2. The fraction of sp³-hybridized carbons (Fsp3) is 0.111. The average molecular weight is 268 g/mol. The smallest absolute Gasteiger partial charge is 0.471 e.